The molecule has 2 fully saturated rings. The number of amides is 1. The van der Waals surface area contributed by atoms with Gasteiger partial charge in [-0.15, -0.1) is 0 Å². The molecule has 1 aromatic carbocycles. The van der Waals surface area contributed by atoms with E-state index in [-0.39, 0.29) is 18.2 Å². The van der Waals surface area contributed by atoms with Crippen LogP contribution in [0.25, 0.3) is 11.0 Å². The van der Waals surface area contributed by atoms with Crippen LogP contribution in [0.3, 0.4) is 0 Å². The lowest BCUT2D eigenvalue weighted by molar-refractivity contribution is -0.143. The van der Waals surface area contributed by atoms with Crippen LogP contribution in [-0.4, -0.2) is 78.2 Å². The number of fused-ring (bicyclic) bond motifs is 1. The summed E-state index contributed by atoms with van der Waals surface area (Å²) in [4.78, 5) is 45.2. The molecule has 1 aliphatic carbocycles. The smallest absolute Gasteiger partial charge is 0.408 e. The highest BCUT2D eigenvalue weighted by Crippen LogP contribution is 2.38. The second-order valence-corrected chi connectivity index (χ2v) is 12.1. The quantitative estimate of drug-likeness (QED) is 0.232. The van der Waals surface area contributed by atoms with E-state index >= 15 is 0 Å². The Balaban J connectivity index is 1.27. The summed E-state index contributed by atoms with van der Waals surface area (Å²) in [5.74, 6) is 0.0419. The molecule has 4 rings (SSSR count). The largest absolute Gasteiger partial charge is 0.497 e. The molecule has 2 aliphatic rings. The van der Waals surface area contributed by atoms with Crippen LogP contribution in [0.5, 0.6) is 11.6 Å². The zero-order valence-electron chi connectivity index (χ0n) is 25.0. The Morgan fingerprint density at radius 1 is 1.10 bits per heavy atom. The van der Waals surface area contributed by atoms with Gasteiger partial charge >= 0.3 is 18.0 Å². The zero-order chi connectivity index (χ0) is 30.4. The first kappa shape index (κ1) is 31.3. The van der Waals surface area contributed by atoms with E-state index in [1.165, 1.54) is 7.11 Å². The number of rotatable bonds is 13. The number of alkyl carbamates (subject to hydrolysis) is 1. The molecule has 2 aromatic rings. The molecule has 230 valence electrons. The first-order valence-electron chi connectivity index (χ1n) is 14.5. The van der Waals surface area contributed by atoms with Gasteiger partial charge in [0.05, 0.1) is 25.3 Å². The number of benzene rings is 1. The van der Waals surface area contributed by atoms with Crippen molar-refractivity contribution in [2.45, 2.75) is 90.0 Å². The standard InChI is InChI=1S/C30H42N4O8/c1-30(2,3)25(27(35)36)34-29(38)42-24-13-17(24)9-7-6-8-10-21-26(41-19-15-23(31-16-19)28(37)40-5)33-22-14-18(39-4)11-12-20(22)32-21/h11-12,14,17,19,23-25,31H,6-10,13,15-16H2,1-5H3,(H,34,38)(H,35,36)/t17-,19?,23+,24-,25-/m1/s1. The highest BCUT2D eigenvalue weighted by molar-refractivity contribution is 5.81. The molecule has 0 spiro atoms. The van der Waals surface area contributed by atoms with E-state index in [1.807, 2.05) is 18.2 Å². The predicted molar refractivity (Wildman–Crippen MR) is 153 cm³/mol. The summed E-state index contributed by atoms with van der Waals surface area (Å²) in [6, 6.07) is 4.12. The molecule has 1 saturated carbocycles. The lowest BCUT2D eigenvalue weighted by Crippen LogP contribution is -2.49. The number of nitrogens with one attached hydrogen (secondary N) is 2. The summed E-state index contributed by atoms with van der Waals surface area (Å²) in [7, 11) is 2.97. The average Bonchev–Trinajstić information content (AvgIpc) is 3.50. The van der Waals surface area contributed by atoms with E-state index in [0.29, 0.717) is 42.5 Å². The van der Waals surface area contributed by atoms with Crippen LogP contribution in [0.2, 0.25) is 0 Å². The minimum Gasteiger partial charge on any atom is -0.497 e. The van der Waals surface area contributed by atoms with E-state index in [0.717, 1.165) is 43.3 Å². The maximum atomic E-state index is 12.2. The number of carbonyl (C=O) groups is 3. The summed E-state index contributed by atoms with van der Waals surface area (Å²) in [6.45, 7) is 5.78. The first-order valence-corrected chi connectivity index (χ1v) is 14.5. The zero-order valence-corrected chi connectivity index (χ0v) is 25.0. The van der Waals surface area contributed by atoms with E-state index in [2.05, 4.69) is 10.6 Å². The number of ether oxygens (including phenoxy) is 4. The number of hydrogen-bond donors (Lipinski definition) is 3. The van der Waals surface area contributed by atoms with Crippen molar-refractivity contribution in [3.05, 3.63) is 23.9 Å². The molecule has 12 nitrogen and oxygen atoms in total. The predicted octanol–water partition coefficient (Wildman–Crippen LogP) is 3.64. The van der Waals surface area contributed by atoms with Crippen LogP contribution in [0.4, 0.5) is 4.79 Å². The Kier molecular flexibility index (Phi) is 10.1. The van der Waals surface area contributed by atoms with Gasteiger partial charge in [0.2, 0.25) is 5.88 Å². The number of nitrogens with zero attached hydrogens (tertiary/aromatic N) is 2. The van der Waals surface area contributed by atoms with Crippen molar-refractivity contribution in [1.29, 1.82) is 0 Å². The number of hydrogen-bond acceptors (Lipinski definition) is 10. The van der Waals surface area contributed by atoms with Gasteiger partial charge in [0, 0.05) is 19.0 Å². The van der Waals surface area contributed by atoms with Gasteiger partial charge < -0.3 is 34.7 Å². The molecular weight excluding hydrogens is 544 g/mol. The van der Waals surface area contributed by atoms with Crippen molar-refractivity contribution in [2.75, 3.05) is 20.8 Å². The van der Waals surface area contributed by atoms with Crippen LogP contribution in [0, 0.1) is 11.3 Å². The minimum atomic E-state index is -1.08. The second kappa shape index (κ2) is 13.5. The van der Waals surface area contributed by atoms with Gasteiger partial charge in [0.15, 0.2) is 0 Å². The van der Waals surface area contributed by atoms with Gasteiger partial charge in [-0.05, 0) is 49.1 Å². The van der Waals surface area contributed by atoms with Crippen LogP contribution < -0.4 is 20.1 Å². The lowest BCUT2D eigenvalue weighted by atomic mass is 9.87. The third-order valence-electron chi connectivity index (χ3n) is 7.74. The van der Waals surface area contributed by atoms with Crippen molar-refractivity contribution in [1.82, 2.24) is 20.6 Å². The van der Waals surface area contributed by atoms with Crippen LogP contribution >= 0.6 is 0 Å². The third kappa shape index (κ3) is 8.21. The van der Waals surface area contributed by atoms with Gasteiger partial charge in [-0.3, -0.25) is 4.79 Å². The molecule has 1 aliphatic heterocycles. The normalized spacial score (nSPS) is 22.3. The van der Waals surface area contributed by atoms with Crippen molar-refractivity contribution >= 4 is 29.1 Å². The monoisotopic (exact) mass is 586 g/mol. The summed E-state index contributed by atoms with van der Waals surface area (Å²) in [5, 5.41) is 15.0. The average molecular weight is 587 g/mol. The molecule has 1 unspecified atom stereocenters. The number of methoxy groups -OCH3 is 2. The molecule has 1 aromatic heterocycles. The molecule has 1 saturated heterocycles. The number of esters is 1. The van der Waals surface area contributed by atoms with Crippen molar-refractivity contribution in [2.24, 2.45) is 11.3 Å². The molecule has 1 amide bonds. The molecular formula is C30H42N4O8. The van der Waals surface area contributed by atoms with Gasteiger partial charge in [-0.25, -0.2) is 19.6 Å². The van der Waals surface area contributed by atoms with Crippen LogP contribution in [0.1, 0.15) is 65.0 Å². The van der Waals surface area contributed by atoms with Crippen molar-refractivity contribution in [3.8, 4) is 11.6 Å². The number of aromatic nitrogens is 2. The Labute approximate surface area is 245 Å². The van der Waals surface area contributed by atoms with E-state index in [4.69, 9.17) is 28.9 Å². The van der Waals surface area contributed by atoms with E-state index in [1.54, 1.807) is 27.9 Å². The van der Waals surface area contributed by atoms with Gasteiger partial charge in [0.1, 0.15) is 35.7 Å². The SMILES string of the molecule is COC(=O)[C@@H]1CC(Oc2nc3cc(OC)ccc3nc2CCCCC[C@@H]2C[C@H]2OC(=O)N[C@H](C(=O)O)C(C)(C)C)CN1. The van der Waals surface area contributed by atoms with Gasteiger partial charge in [-0.2, -0.15) is 0 Å². The number of carboxylic acid groups (broad SMARTS) is 1. The first-order chi connectivity index (χ1) is 20.0. The summed E-state index contributed by atoms with van der Waals surface area (Å²) in [5.41, 5.74) is 1.57. The number of unbranched alkanes of at least 4 members (excludes halogenated alkanes) is 2. The topological polar surface area (TPSA) is 158 Å². The van der Waals surface area contributed by atoms with E-state index in [9.17, 15) is 19.5 Å². The van der Waals surface area contributed by atoms with Crippen LogP contribution in [0.15, 0.2) is 18.2 Å². The molecule has 0 bridgehead atoms. The Morgan fingerprint density at radius 3 is 2.57 bits per heavy atom. The highest BCUT2D eigenvalue weighted by atomic mass is 16.6. The molecule has 42 heavy (non-hydrogen) atoms. The highest BCUT2D eigenvalue weighted by Gasteiger charge is 2.41. The molecule has 5 atom stereocenters. The molecule has 3 N–H and O–H groups in total. The van der Waals surface area contributed by atoms with Crippen LogP contribution in [-0.2, 0) is 25.5 Å². The Morgan fingerprint density at radius 2 is 1.88 bits per heavy atom. The fraction of sp³-hybridized carbons (Fsp3) is 0.633. The summed E-state index contributed by atoms with van der Waals surface area (Å²) < 4.78 is 21.9. The number of carboxylic acids is 1. The lowest BCUT2D eigenvalue weighted by Gasteiger charge is -2.27. The summed E-state index contributed by atoms with van der Waals surface area (Å²) >= 11 is 0. The number of aryl methyl sites for hydroxylation is 1. The Bertz CT molecular complexity index is 1280. The molecule has 0 radical (unpaired) electrons. The number of carbonyl (C=O) groups excluding carboxylic acids is 2. The second-order valence-electron chi connectivity index (χ2n) is 12.1. The summed E-state index contributed by atoms with van der Waals surface area (Å²) in [6.07, 6.45) is 4.60. The Hall–Kier alpha value is -3.67. The maximum Gasteiger partial charge on any atom is 0.408 e. The van der Waals surface area contributed by atoms with Gasteiger partial charge in [-0.1, -0.05) is 33.6 Å². The fourth-order valence-corrected chi connectivity index (χ4v) is 5.19. The maximum absolute atomic E-state index is 12.2. The van der Waals surface area contributed by atoms with E-state index < -0.39 is 29.6 Å². The third-order valence-corrected chi connectivity index (χ3v) is 7.74. The molecule has 12 heteroatoms. The minimum absolute atomic E-state index is 0.170. The number of aliphatic carboxylic acids is 1. The van der Waals surface area contributed by atoms with Crippen molar-refractivity contribution in [3.63, 3.8) is 0 Å². The molecule has 2 heterocycles. The van der Waals surface area contributed by atoms with Crippen molar-refractivity contribution < 1.29 is 38.4 Å². The van der Waals surface area contributed by atoms with Gasteiger partial charge in [0.25, 0.3) is 0 Å². The fourth-order valence-electron chi connectivity index (χ4n) is 5.19.